The number of carbonyl (C=O) groups excluding carboxylic acids is 1. The van der Waals surface area contributed by atoms with Gasteiger partial charge < -0.3 is 15.7 Å². The van der Waals surface area contributed by atoms with Crippen LogP contribution >= 0.6 is 23.2 Å². The van der Waals surface area contributed by atoms with Crippen LogP contribution in [0.1, 0.15) is 29.2 Å². The van der Waals surface area contributed by atoms with Gasteiger partial charge in [0.25, 0.3) is 0 Å². The third-order valence-corrected chi connectivity index (χ3v) is 4.89. The Balaban J connectivity index is 1.83. The maximum absolute atomic E-state index is 12.5. The molecule has 7 heteroatoms. The van der Waals surface area contributed by atoms with Crippen LogP contribution < -0.4 is 10.6 Å². The summed E-state index contributed by atoms with van der Waals surface area (Å²) in [7, 11) is 0. The molecule has 2 aromatic rings. The van der Waals surface area contributed by atoms with Gasteiger partial charge in [-0.2, -0.15) is 0 Å². The lowest BCUT2D eigenvalue weighted by Gasteiger charge is -2.32. The van der Waals surface area contributed by atoms with Gasteiger partial charge in [0, 0.05) is 27.7 Å². The first kappa shape index (κ1) is 18.5. The number of nitrogens with one attached hydrogen (secondary N) is 2. The molecule has 0 bridgehead atoms. The van der Waals surface area contributed by atoms with E-state index in [1.165, 1.54) is 0 Å². The van der Waals surface area contributed by atoms with Gasteiger partial charge in [-0.05, 0) is 24.6 Å². The van der Waals surface area contributed by atoms with E-state index in [2.05, 4.69) is 10.6 Å². The zero-order valence-electron chi connectivity index (χ0n) is 14.1. The fourth-order valence-corrected chi connectivity index (χ4v) is 3.71. The highest BCUT2D eigenvalue weighted by Gasteiger charge is 2.33. The van der Waals surface area contributed by atoms with E-state index in [0.29, 0.717) is 21.3 Å². The van der Waals surface area contributed by atoms with Crippen LogP contribution in [0.15, 0.2) is 36.4 Å². The van der Waals surface area contributed by atoms with E-state index in [-0.39, 0.29) is 18.7 Å². The maximum Gasteiger partial charge on any atom is 0.326 e. The minimum Gasteiger partial charge on any atom is -0.480 e. The number of hydrogen-bond acceptors (Lipinski definition) is 3. The first-order valence-corrected chi connectivity index (χ1v) is 8.92. The second kappa shape index (κ2) is 7.56. The van der Waals surface area contributed by atoms with Crippen molar-refractivity contribution in [1.29, 1.82) is 0 Å². The lowest BCUT2D eigenvalue weighted by atomic mass is 9.92. The molecule has 0 spiro atoms. The van der Waals surface area contributed by atoms with Gasteiger partial charge in [0.1, 0.15) is 6.04 Å². The average Bonchev–Trinajstić information content (AvgIpc) is 2.55. The van der Waals surface area contributed by atoms with Gasteiger partial charge in [-0.25, -0.2) is 4.79 Å². The molecule has 0 saturated heterocycles. The summed E-state index contributed by atoms with van der Waals surface area (Å²) in [4.78, 5) is 23.9. The van der Waals surface area contributed by atoms with Gasteiger partial charge in [-0.1, -0.05) is 53.0 Å². The van der Waals surface area contributed by atoms with Crippen molar-refractivity contribution in [3.63, 3.8) is 0 Å². The van der Waals surface area contributed by atoms with E-state index in [1.54, 1.807) is 12.1 Å². The molecule has 3 N–H and O–H groups in total. The lowest BCUT2D eigenvalue weighted by molar-refractivity contribution is -0.138. The topological polar surface area (TPSA) is 78.4 Å². The van der Waals surface area contributed by atoms with Crippen molar-refractivity contribution in [2.45, 2.75) is 31.8 Å². The van der Waals surface area contributed by atoms with Crippen LogP contribution in [-0.2, 0) is 16.0 Å². The zero-order valence-corrected chi connectivity index (χ0v) is 15.6. The van der Waals surface area contributed by atoms with E-state index in [1.807, 2.05) is 31.2 Å². The monoisotopic (exact) mass is 392 g/mol. The normalized spacial score (nSPS) is 18.6. The summed E-state index contributed by atoms with van der Waals surface area (Å²) in [6.45, 7) is 1.98. The molecule has 1 aliphatic heterocycles. The molecular formula is C19H18Cl2N2O3. The number of aliphatic carboxylic acids is 1. The lowest BCUT2D eigenvalue weighted by Crippen LogP contribution is -2.41. The number of benzene rings is 2. The molecule has 2 aromatic carbocycles. The molecule has 0 aliphatic carbocycles. The molecule has 3 rings (SSSR count). The number of aryl methyl sites for hydroxylation is 1. The third kappa shape index (κ3) is 4.11. The standard InChI is InChI=1S/C19H18Cl2N2O3/c1-10-2-4-11(5-3-10)6-17(24)23-15-9-16(19(25)26)22-14-8-12(20)7-13(21)18(14)15/h2-5,7-8,15-16,22H,6,9H2,1H3,(H,23,24)(H,25,26)/t15-,16+/m1/s1. The SMILES string of the molecule is Cc1ccc(CC(=O)N[C@@H]2C[C@@H](C(=O)O)Nc3cc(Cl)cc(Cl)c32)cc1. The minimum atomic E-state index is -0.996. The summed E-state index contributed by atoms with van der Waals surface area (Å²) >= 11 is 12.3. The molecule has 0 aromatic heterocycles. The molecule has 26 heavy (non-hydrogen) atoms. The Morgan fingerprint density at radius 1 is 1.23 bits per heavy atom. The fourth-order valence-electron chi connectivity index (χ4n) is 3.09. The number of carbonyl (C=O) groups is 2. The smallest absolute Gasteiger partial charge is 0.326 e. The second-order valence-electron chi connectivity index (χ2n) is 6.40. The number of hydrogen-bond donors (Lipinski definition) is 3. The van der Waals surface area contributed by atoms with Gasteiger partial charge in [0.2, 0.25) is 5.91 Å². The number of carboxylic acids is 1. The molecule has 5 nitrogen and oxygen atoms in total. The van der Waals surface area contributed by atoms with Gasteiger partial charge >= 0.3 is 5.97 Å². The van der Waals surface area contributed by atoms with Gasteiger partial charge in [0.05, 0.1) is 12.5 Å². The highest BCUT2D eigenvalue weighted by atomic mass is 35.5. The Hall–Kier alpha value is -2.24. The number of amides is 1. The van der Waals surface area contributed by atoms with Crippen molar-refractivity contribution in [2.75, 3.05) is 5.32 Å². The number of carboxylic acid groups (broad SMARTS) is 1. The number of anilines is 1. The van der Waals surface area contributed by atoms with E-state index < -0.39 is 18.1 Å². The molecule has 1 aliphatic rings. The molecular weight excluding hydrogens is 375 g/mol. The zero-order chi connectivity index (χ0) is 18.8. The molecule has 136 valence electrons. The van der Waals surface area contributed by atoms with Gasteiger partial charge in [-0.15, -0.1) is 0 Å². The summed E-state index contributed by atoms with van der Waals surface area (Å²) < 4.78 is 0. The molecule has 1 heterocycles. The van der Waals surface area contributed by atoms with E-state index in [9.17, 15) is 14.7 Å². The Labute approximate surface area is 161 Å². The second-order valence-corrected chi connectivity index (χ2v) is 7.25. The van der Waals surface area contributed by atoms with Crippen molar-refractivity contribution in [3.05, 3.63) is 63.1 Å². The van der Waals surface area contributed by atoms with Crippen molar-refractivity contribution in [2.24, 2.45) is 0 Å². The highest BCUT2D eigenvalue weighted by molar-refractivity contribution is 6.35. The summed E-state index contributed by atoms with van der Waals surface area (Å²) in [5, 5.41) is 16.0. The number of rotatable bonds is 4. The van der Waals surface area contributed by atoms with E-state index in [0.717, 1.165) is 11.1 Å². The predicted octanol–water partition coefficient (Wildman–Crippen LogP) is 3.97. The van der Waals surface area contributed by atoms with Crippen LogP contribution in [0.5, 0.6) is 0 Å². The Bertz CT molecular complexity index is 853. The predicted molar refractivity (Wildman–Crippen MR) is 102 cm³/mol. The van der Waals surface area contributed by atoms with Crippen LogP contribution in [0.2, 0.25) is 10.0 Å². The van der Waals surface area contributed by atoms with Crippen molar-refractivity contribution in [3.8, 4) is 0 Å². The molecule has 0 saturated carbocycles. The first-order valence-electron chi connectivity index (χ1n) is 8.16. The third-order valence-electron chi connectivity index (χ3n) is 4.36. The Kier molecular flexibility index (Phi) is 5.39. The number of halogens is 2. The molecule has 2 atom stereocenters. The van der Waals surface area contributed by atoms with Gasteiger partial charge in [-0.3, -0.25) is 4.79 Å². The summed E-state index contributed by atoms with van der Waals surface area (Å²) in [5.74, 6) is -1.19. The van der Waals surface area contributed by atoms with Crippen LogP contribution in [-0.4, -0.2) is 23.0 Å². The van der Waals surface area contributed by atoms with Crippen LogP contribution in [0.3, 0.4) is 0 Å². The summed E-state index contributed by atoms with van der Waals surface area (Å²) in [5.41, 5.74) is 3.20. The molecule has 0 radical (unpaired) electrons. The highest BCUT2D eigenvalue weighted by Crippen LogP contribution is 2.39. The fraction of sp³-hybridized carbons (Fsp3) is 0.263. The largest absolute Gasteiger partial charge is 0.480 e. The maximum atomic E-state index is 12.5. The average molecular weight is 393 g/mol. The molecule has 0 fully saturated rings. The Morgan fingerprint density at radius 2 is 1.92 bits per heavy atom. The van der Waals surface area contributed by atoms with Crippen molar-refractivity contribution < 1.29 is 14.7 Å². The van der Waals surface area contributed by atoms with Crippen LogP contribution in [0.4, 0.5) is 5.69 Å². The quantitative estimate of drug-likeness (QED) is 0.735. The van der Waals surface area contributed by atoms with Crippen LogP contribution in [0, 0.1) is 6.92 Å². The number of fused-ring (bicyclic) bond motifs is 1. The Morgan fingerprint density at radius 3 is 2.58 bits per heavy atom. The van der Waals surface area contributed by atoms with Crippen molar-refractivity contribution >= 4 is 40.8 Å². The minimum absolute atomic E-state index is 0.193. The van der Waals surface area contributed by atoms with Crippen LogP contribution in [0.25, 0.3) is 0 Å². The van der Waals surface area contributed by atoms with E-state index in [4.69, 9.17) is 23.2 Å². The summed E-state index contributed by atoms with van der Waals surface area (Å²) in [6.07, 6.45) is 0.409. The van der Waals surface area contributed by atoms with Crippen molar-refractivity contribution in [1.82, 2.24) is 5.32 Å². The molecule has 0 unspecified atom stereocenters. The molecule has 1 amide bonds. The van der Waals surface area contributed by atoms with E-state index >= 15 is 0 Å². The first-order chi connectivity index (χ1) is 12.3. The summed E-state index contributed by atoms with van der Waals surface area (Å²) in [6, 6.07) is 9.57. The van der Waals surface area contributed by atoms with Gasteiger partial charge in [0.15, 0.2) is 0 Å².